The maximum Gasteiger partial charge on any atom is 0.267 e. The number of carbonyl (C=O) groups excluding carboxylic acids is 2. The van der Waals surface area contributed by atoms with Gasteiger partial charge in [0.15, 0.2) is 0 Å². The Bertz CT molecular complexity index is 470. The fraction of sp³-hybridized carbons (Fsp3) is 0.333. The number of carbonyl (C=O) groups is 2. The van der Waals surface area contributed by atoms with E-state index in [4.69, 9.17) is 0 Å². The SMILES string of the molecule is O=C1CCC(C(=O)NCCc2ccccn2)=NN1. The Labute approximate surface area is 104 Å². The van der Waals surface area contributed by atoms with Crippen molar-refractivity contribution >= 4 is 17.5 Å². The number of amides is 2. The van der Waals surface area contributed by atoms with E-state index in [0.717, 1.165) is 5.69 Å². The first-order valence-electron chi connectivity index (χ1n) is 5.79. The number of hydrogen-bond acceptors (Lipinski definition) is 4. The van der Waals surface area contributed by atoms with Gasteiger partial charge < -0.3 is 5.32 Å². The zero-order chi connectivity index (χ0) is 12.8. The van der Waals surface area contributed by atoms with Gasteiger partial charge in [-0.05, 0) is 12.1 Å². The Hall–Kier alpha value is -2.24. The van der Waals surface area contributed by atoms with Gasteiger partial charge in [-0.2, -0.15) is 5.10 Å². The molecule has 0 fully saturated rings. The Morgan fingerprint density at radius 2 is 2.28 bits per heavy atom. The Morgan fingerprint density at radius 3 is 2.94 bits per heavy atom. The molecule has 0 aliphatic carbocycles. The highest BCUT2D eigenvalue weighted by molar-refractivity contribution is 6.39. The van der Waals surface area contributed by atoms with Gasteiger partial charge >= 0.3 is 0 Å². The van der Waals surface area contributed by atoms with E-state index in [1.165, 1.54) is 0 Å². The molecule has 0 bridgehead atoms. The molecule has 1 aromatic rings. The predicted molar refractivity (Wildman–Crippen MR) is 65.8 cm³/mol. The minimum atomic E-state index is -0.231. The summed E-state index contributed by atoms with van der Waals surface area (Å²) >= 11 is 0. The highest BCUT2D eigenvalue weighted by atomic mass is 16.2. The molecule has 0 aromatic carbocycles. The van der Waals surface area contributed by atoms with Crippen LogP contribution >= 0.6 is 0 Å². The molecule has 6 nitrogen and oxygen atoms in total. The van der Waals surface area contributed by atoms with Crippen molar-refractivity contribution in [1.29, 1.82) is 0 Å². The zero-order valence-electron chi connectivity index (χ0n) is 9.85. The fourth-order valence-corrected chi connectivity index (χ4v) is 1.59. The minimum Gasteiger partial charge on any atom is -0.351 e. The molecule has 1 aliphatic rings. The summed E-state index contributed by atoms with van der Waals surface area (Å²) in [6.07, 6.45) is 3.10. The van der Waals surface area contributed by atoms with E-state index in [2.05, 4.69) is 20.8 Å². The molecule has 0 spiro atoms. The summed E-state index contributed by atoms with van der Waals surface area (Å²) in [5.74, 6) is -0.383. The van der Waals surface area contributed by atoms with Crippen LogP contribution in [0.3, 0.4) is 0 Å². The molecule has 18 heavy (non-hydrogen) atoms. The maximum absolute atomic E-state index is 11.7. The van der Waals surface area contributed by atoms with Crippen molar-refractivity contribution < 1.29 is 9.59 Å². The van der Waals surface area contributed by atoms with Gasteiger partial charge in [0, 0.05) is 37.7 Å². The first kappa shape index (κ1) is 12.2. The summed E-state index contributed by atoms with van der Waals surface area (Å²) in [5.41, 5.74) is 3.60. The maximum atomic E-state index is 11.7. The lowest BCUT2D eigenvalue weighted by Crippen LogP contribution is -2.37. The van der Waals surface area contributed by atoms with Crippen molar-refractivity contribution in [3.63, 3.8) is 0 Å². The Kier molecular flexibility index (Phi) is 4.01. The van der Waals surface area contributed by atoms with Gasteiger partial charge in [-0.1, -0.05) is 6.07 Å². The van der Waals surface area contributed by atoms with Gasteiger partial charge in [-0.3, -0.25) is 14.6 Å². The fourth-order valence-electron chi connectivity index (χ4n) is 1.59. The third kappa shape index (κ3) is 3.38. The second-order valence-electron chi connectivity index (χ2n) is 3.92. The summed E-state index contributed by atoms with van der Waals surface area (Å²) in [4.78, 5) is 26.7. The van der Waals surface area contributed by atoms with E-state index < -0.39 is 0 Å². The normalized spacial score (nSPS) is 14.7. The van der Waals surface area contributed by atoms with Crippen LogP contribution in [0.15, 0.2) is 29.5 Å². The lowest BCUT2D eigenvalue weighted by Gasteiger charge is -2.11. The van der Waals surface area contributed by atoms with Crippen LogP contribution in [0.25, 0.3) is 0 Å². The minimum absolute atomic E-state index is 0.153. The summed E-state index contributed by atoms with van der Waals surface area (Å²) in [6, 6.07) is 5.66. The molecule has 1 aliphatic heterocycles. The molecule has 0 saturated heterocycles. The number of nitrogens with one attached hydrogen (secondary N) is 2. The van der Waals surface area contributed by atoms with Gasteiger partial charge in [0.1, 0.15) is 5.71 Å². The molecule has 6 heteroatoms. The number of hydrogen-bond donors (Lipinski definition) is 2. The first-order valence-corrected chi connectivity index (χ1v) is 5.79. The first-order chi connectivity index (χ1) is 8.75. The van der Waals surface area contributed by atoms with E-state index in [1.54, 1.807) is 6.20 Å². The van der Waals surface area contributed by atoms with Crippen LogP contribution < -0.4 is 10.7 Å². The van der Waals surface area contributed by atoms with Crippen LogP contribution in [0.1, 0.15) is 18.5 Å². The van der Waals surface area contributed by atoms with Crippen LogP contribution in [-0.4, -0.2) is 29.1 Å². The monoisotopic (exact) mass is 246 g/mol. The summed E-state index contributed by atoms with van der Waals surface area (Å²) in [6.45, 7) is 0.503. The highest BCUT2D eigenvalue weighted by Crippen LogP contribution is 1.99. The van der Waals surface area contributed by atoms with Gasteiger partial charge in [-0.15, -0.1) is 0 Å². The van der Waals surface area contributed by atoms with Crippen LogP contribution in [0.4, 0.5) is 0 Å². The van der Waals surface area contributed by atoms with E-state index in [0.29, 0.717) is 31.5 Å². The number of hydrazone groups is 1. The molecule has 0 atom stereocenters. The molecular weight excluding hydrogens is 232 g/mol. The molecule has 2 amide bonds. The molecular formula is C12H14N4O2. The third-order valence-electron chi connectivity index (χ3n) is 2.56. The van der Waals surface area contributed by atoms with Crippen molar-refractivity contribution in [3.05, 3.63) is 30.1 Å². The van der Waals surface area contributed by atoms with Gasteiger partial charge in [0.2, 0.25) is 5.91 Å². The Morgan fingerprint density at radius 1 is 1.39 bits per heavy atom. The van der Waals surface area contributed by atoms with E-state index in [1.807, 2.05) is 18.2 Å². The standard InChI is InChI=1S/C12H14N4O2/c17-11-5-4-10(15-16-11)12(18)14-8-6-9-3-1-2-7-13-9/h1-3,7H,4-6,8H2,(H,14,18)(H,16,17). The molecule has 0 saturated carbocycles. The number of rotatable bonds is 4. The van der Waals surface area contributed by atoms with E-state index in [-0.39, 0.29) is 11.8 Å². The number of aromatic nitrogens is 1. The number of pyridine rings is 1. The third-order valence-corrected chi connectivity index (χ3v) is 2.56. The van der Waals surface area contributed by atoms with Crippen molar-refractivity contribution in [1.82, 2.24) is 15.7 Å². The predicted octanol–water partition coefficient (Wildman–Crippen LogP) is 0.00630. The molecule has 2 N–H and O–H groups in total. The highest BCUT2D eigenvalue weighted by Gasteiger charge is 2.17. The van der Waals surface area contributed by atoms with Crippen molar-refractivity contribution in [3.8, 4) is 0 Å². The average Bonchev–Trinajstić information content (AvgIpc) is 2.40. The van der Waals surface area contributed by atoms with Crippen LogP contribution in [0.5, 0.6) is 0 Å². The van der Waals surface area contributed by atoms with Crippen LogP contribution in [0, 0.1) is 0 Å². The van der Waals surface area contributed by atoms with Crippen molar-refractivity contribution in [2.24, 2.45) is 5.10 Å². The summed E-state index contributed by atoms with van der Waals surface area (Å²) in [7, 11) is 0. The van der Waals surface area contributed by atoms with Gasteiger partial charge in [0.25, 0.3) is 5.91 Å². The van der Waals surface area contributed by atoms with Gasteiger partial charge in [0.05, 0.1) is 0 Å². The van der Waals surface area contributed by atoms with E-state index in [9.17, 15) is 9.59 Å². The molecule has 0 unspecified atom stereocenters. The largest absolute Gasteiger partial charge is 0.351 e. The zero-order valence-corrected chi connectivity index (χ0v) is 9.85. The topological polar surface area (TPSA) is 83.5 Å². The van der Waals surface area contributed by atoms with E-state index >= 15 is 0 Å². The molecule has 2 heterocycles. The molecule has 94 valence electrons. The Balaban J connectivity index is 1.77. The molecule has 1 aromatic heterocycles. The smallest absolute Gasteiger partial charge is 0.267 e. The average molecular weight is 246 g/mol. The summed E-state index contributed by atoms with van der Waals surface area (Å²) < 4.78 is 0. The quantitative estimate of drug-likeness (QED) is 0.784. The van der Waals surface area contributed by atoms with Crippen molar-refractivity contribution in [2.45, 2.75) is 19.3 Å². The lowest BCUT2D eigenvalue weighted by atomic mass is 10.1. The molecule has 0 radical (unpaired) electrons. The van der Waals surface area contributed by atoms with Crippen molar-refractivity contribution in [2.75, 3.05) is 6.54 Å². The van der Waals surface area contributed by atoms with Crippen LogP contribution in [-0.2, 0) is 16.0 Å². The second kappa shape index (κ2) is 5.90. The summed E-state index contributed by atoms with van der Waals surface area (Å²) in [5, 5.41) is 6.48. The molecule has 2 rings (SSSR count). The van der Waals surface area contributed by atoms with Gasteiger partial charge in [-0.25, -0.2) is 5.43 Å². The van der Waals surface area contributed by atoms with Crippen LogP contribution in [0.2, 0.25) is 0 Å². The lowest BCUT2D eigenvalue weighted by molar-refractivity contribution is -0.121. The second-order valence-corrected chi connectivity index (χ2v) is 3.92. The number of nitrogens with zero attached hydrogens (tertiary/aromatic N) is 2.